The third-order valence-electron chi connectivity index (χ3n) is 2.94. The summed E-state index contributed by atoms with van der Waals surface area (Å²) in [4.78, 5) is 0. The second-order valence-electron chi connectivity index (χ2n) is 4.36. The summed E-state index contributed by atoms with van der Waals surface area (Å²) in [5, 5.41) is 3.43. The van der Waals surface area contributed by atoms with Crippen LogP contribution in [-0.4, -0.2) is 11.1 Å². The Labute approximate surface area is 85.3 Å². The summed E-state index contributed by atoms with van der Waals surface area (Å²) in [5.74, 6) is 1.73. The average Bonchev–Trinajstić information content (AvgIpc) is 2.60. The first kappa shape index (κ1) is 9.59. The highest BCUT2D eigenvalue weighted by molar-refractivity contribution is 5.49. The highest BCUT2D eigenvalue weighted by Crippen LogP contribution is 2.29. The van der Waals surface area contributed by atoms with Crippen molar-refractivity contribution in [3.8, 4) is 0 Å². The standard InChI is InChI=1S/C11H19N3/c1-8(2)10(12)9-4-7-14-6-3-5-13-11(9)14/h4,7-8,10,13H,3,5-6,12H2,1-2H3. The van der Waals surface area contributed by atoms with E-state index in [1.54, 1.807) is 0 Å². The van der Waals surface area contributed by atoms with Crippen LogP contribution in [0.1, 0.15) is 31.9 Å². The molecule has 0 aromatic carbocycles. The van der Waals surface area contributed by atoms with Gasteiger partial charge in [0.2, 0.25) is 0 Å². The lowest BCUT2D eigenvalue weighted by Crippen LogP contribution is -2.22. The Morgan fingerprint density at radius 1 is 1.50 bits per heavy atom. The van der Waals surface area contributed by atoms with Gasteiger partial charge in [0.15, 0.2) is 0 Å². The summed E-state index contributed by atoms with van der Waals surface area (Å²) in [6, 6.07) is 2.30. The van der Waals surface area contributed by atoms with Crippen molar-refractivity contribution in [3.63, 3.8) is 0 Å². The van der Waals surface area contributed by atoms with Crippen LogP contribution in [0, 0.1) is 5.92 Å². The fourth-order valence-electron chi connectivity index (χ4n) is 1.96. The largest absolute Gasteiger partial charge is 0.371 e. The molecule has 3 nitrogen and oxygen atoms in total. The molecule has 1 atom stereocenters. The van der Waals surface area contributed by atoms with Crippen molar-refractivity contribution in [2.45, 2.75) is 32.9 Å². The number of hydrogen-bond donors (Lipinski definition) is 2. The van der Waals surface area contributed by atoms with Gasteiger partial charge in [-0.05, 0) is 18.4 Å². The number of nitrogens with zero attached hydrogens (tertiary/aromatic N) is 1. The Balaban J connectivity index is 2.30. The van der Waals surface area contributed by atoms with Crippen molar-refractivity contribution < 1.29 is 0 Å². The third-order valence-corrected chi connectivity index (χ3v) is 2.94. The molecule has 1 aliphatic rings. The molecule has 0 bridgehead atoms. The van der Waals surface area contributed by atoms with E-state index in [1.165, 1.54) is 17.8 Å². The van der Waals surface area contributed by atoms with E-state index in [-0.39, 0.29) is 6.04 Å². The molecule has 0 aliphatic carbocycles. The zero-order valence-electron chi connectivity index (χ0n) is 8.96. The third kappa shape index (κ3) is 1.52. The van der Waals surface area contributed by atoms with Gasteiger partial charge in [-0.2, -0.15) is 0 Å². The van der Waals surface area contributed by atoms with Gasteiger partial charge in [0.25, 0.3) is 0 Å². The summed E-state index contributed by atoms with van der Waals surface area (Å²) in [6.45, 7) is 6.52. The zero-order valence-corrected chi connectivity index (χ0v) is 8.96. The van der Waals surface area contributed by atoms with E-state index in [1.807, 2.05) is 0 Å². The molecule has 2 heterocycles. The number of nitrogens with two attached hydrogens (primary N) is 1. The number of aromatic nitrogens is 1. The van der Waals surface area contributed by atoms with Crippen LogP contribution in [0.15, 0.2) is 12.3 Å². The van der Waals surface area contributed by atoms with E-state index in [4.69, 9.17) is 5.73 Å². The first-order valence-electron chi connectivity index (χ1n) is 5.38. The van der Waals surface area contributed by atoms with Crippen molar-refractivity contribution in [3.05, 3.63) is 17.8 Å². The number of hydrogen-bond acceptors (Lipinski definition) is 2. The molecule has 1 aromatic heterocycles. The van der Waals surface area contributed by atoms with Gasteiger partial charge in [0.05, 0.1) is 0 Å². The van der Waals surface area contributed by atoms with Crippen LogP contribution < -0.4 is 11.1 Å². The maximum atomic E-state index is 6.15. The first-order valence-corrected chi connectivity index (χ1v) is 5.38. The second kappa shape index (κ2) is 3.65. The van der Waals surface area contributed by atoms with Crippen molar-refractivity contribution >= 4 is 5.82 Å². The lowest BCUT2D eigenvalue weighted by molar-refractivity contribution is 0.512. The molecule has 0 saturated carbocycles. The first-order chi connectivity index (χ1) is 6.70. The molecule has 1 aliphatic heterocycles. The number of fused-ring (bicyclic) bond motifs is 1. The van der Waals surface area contributed by atoms with Crippen LogP contribution in [0.5, 0.6) is 0 Å². The predicted molar refractivity (Wildman–Crippen MR) is 59.3 cm³/mol. The van der Waals surface area contributed by atoms with Gasteiger partial charge in [-0.3, -0.25) is 0 Å². The summed E-state index contributed by atoms with van der Waals surface area (Å²) in [7, 11) is 0. The van der Waals surface area contributed by atoms with E-state index in [9.17, 15) is 0 Å². The molecule has 3 heteroatoms. The fourth-order valence-corrected chi connectivity index (χ4v) is 1.96. The Morgan fingerprint density at radius 3 is 3.00 bits per heavy atom. The van der Waals surface area contributed by atoms with Gasteiger partial charge in [-0.15, -0.1) is 0 Å². The molecule has 1 unspecified atom stereocenters. The quantitative estimate of drug-likeness (QED) is 0.754. The van der Waals surface area contributed by atoms with Gasteiger partial charge in [-0.25, -0.2) is 0 Å². The van der Waals surface area contributed by atoms with Crippen LogP contribution in [0.2, 0.25) is 0 Å². The Morgan fingerprint density at radius 2 is 2.29 bits per heavy atom. The molecule has 14 heavy (non-hydrogen) atoms. The van der Waals surface area contributed by atoms with Crippen molar-refractivity contribution in [2.24, 2.45) is 11.7 Å². The van der Waals surface area contributed by atoms with Crippen molar-refractivity contribution in [1.82, 2.24) is 4.57 Å². The zero-order chi connectivity index (χ0) is 10.1. The summed E-state index contributed by atoms with van der Waals surface area (Å²) < 4.78 is 2.26. The molecule has 2 rings (SSSR count). The number of anilines is 1. The Bertz CT molecular complexity index is 314. The molecule has 78 valence electrons. The van der Waals surface area contributed by atoms with E-state index >= 15 is 0 Å². The molecule has 0 fully saturated rings. The number of nitrogens with one attached hydrogen (secondary N) is 1. The molecule has 0 spiro atoms. The lowest BCUT2D eigenvalue weighted by Gasteiger charge is -2.22. The van der Waals surface area contributed by atoms with Gasteiger partial charge < -0.3 is 15.6 Å². The minimum atomic E-state index is 0.150. The van der Waals surface area contributed by atoms with Crippen molar-refractivity contribution in [2.75, 3.05) is 11.9 Å². The molecule has 0 saturated heterocycles. The predicted octanol–water partition coefficient (Wildman–Crippen LogP) is 1.96. The fraction of sp³-hybridized carbons (Fsp3) is 0.636. The minimum Gasteiger partial charge on any atom is -0.371 e. The average molecular weight is 193 g/mol. The van der Waals surface area contributed by atoms with Crippen LogP contribution in [-0.2, 0) is 6.54 Å². The van der Waals surface area contributed by atoms with Crippen LogP contribution >= 0.6 is 0 Å². The Kier molecular flexibility index (Phi) is 2.50. The smallest absolute Gasteiger partial charge is 0.110 e. The minimum absolute atomic E-state index is 0.150. The van der Waals surface area contributed by atoms with Crippen LogP contribution in [0.25, 0.3) is 0 Å². The second-order valence-corrected chi connectivity index (χ2v) is 4.36. The highest BCUT2D eigenvalue weighted by Gasteiger charge is 2.19. The van der Waals surface area contributed by atoms with Crippen LogP contribution in [0.4, 0.5) is 5.82 Å². The van der Waals surface area contributed by atoms with E-state index in [0.29, 0.717) is 5.92 Å². The Hall–Kier alpha value is -0.960. The molecule has 0 radical (unpaired) electrons. The summed E-state index contributed by atoms with van der Waals surface area (Å²) in [5.41, 5.74) is 7.42. The van der Waals surface area contributed by atoms with E-state index < -0.39 is 0 Å². The van der Waals surface area contributed by atoms with Crippen LogP contribution in [0.3, 0.4) is 0 Å². The molecule has 0 amide bonds. The molecular weight excluding hydrogens is 174 g/mol. The van der Waals surface area contributed by atoms with Gasteiger partial charge in [0.1, 0.15) is 5.82 Å². The lowest BCUT2D eigenvalue weighted by atomic mass is 9.98. The SMILES string of the molecule is CC(C)C(N)c1ccn2c1NCCC2. The number of aryl methyl sites for hydroxylation is 1. The highest BCUT2D eigenvalue weighted by atomic mass is 15.1. The normalized spacial score (nSPS) is 17.7. The topological polar surface area (TPSA) is 43.0 Å². The molecular formula is C11H19N3. The monoisotopic (exact) mass is 193 g/mol. The van der Waals surface area contributed by atoms with E-state index in [2.05, 4.69) is 36.0 Å². The maximum Gasteiger partial charge on any atom is 0.110 e. The summed E-state index contributed by atoms with van der Waals surface area (Å²) in [6.07, 6.45) is 3.34. The van der Waals surface area contributed by atoms with Gasteiger partial charge >= 0.3 is 0 Å². The van der Waals surface area contributed by atoms with E-state index in [0.717, 1.165) is 13.1 Å². The maximum absolute atomic E-state index is 6.15. The van der Waals surface area contributed by atoms with Gasteiger partial charge in [-0.1, -0.05) is 13.8 Å². The van der Waals surface area contributed by atoms with Gasteiger partial charge in [0, 0.05) is 30.9 Å². The molecule has 1 aromatic rings. The number of rotatable bonds is 2. The van der Waals surface area contributed by atoms with Crippen molar-refractivity contribution in [1.29, 1.82) is 0 Å². The summed E-state index contributed by atoms with van der Waals surface area (Å²) >= 11 is 0. The molecule has 3 N–H and O–H groups in total.